The molecular formula is C19H22N2O3. The average molecular weight is 326 g/mol. The number of ether oxygens (including phenoxy) is 1. The maximum atomic E-state index is 11.2. The molecule has 3 N–H and O–H groups in total. The van der Waals surface area contributed by atoms with E-state index >= 15 is 0 Å². The minimum absolute atomic E-state index is 0.00803. The lowest BCUT2D eigenvalue weighted by molar-refractivity contribution is -0.141. The lowest BCUT2D eigenvalue weighted by Crippen LogP contribution is -2.32. The first kappa shape index (κ1) is 16.5. The Balaban J connectivity index is 1.75. The minimum Gasteiger partial charge on any atom is -0.481 e. The van der Waals surface area contributed by atoms with Crippen molar-refractivity contribution in [2.24, 2.45) is 11.7 Å². The average Bonchev–Trinajstić information content (AvgIpc) is 3.07. The molecular weight excluding hydrogens is 304 g/mol. The Morgan fingerprint density at radius 2 is 1.96 bits per heavy atom. The summed E-state index contributed by atoms with van der Waals surface area (Å²) in [5.41, 5.74) is 7.03. The number of rotatable bonds is 6. The predicted molar refractivity (Wildman–Crippen MR) is 92.1 cm³/mol. The highest BCUT2D eigenvalue weighted by Crippen LogP contribution is 2.30. The predicted octanol–water partition coefficient (Wildman–Crippen LogP) is 2.89. The van der Waals surface area contributed by atoms with Gasteiger partial charge in [-0.3, -0.25) is 9.69 Å². The molecule has 0 bridgehead atoms. The van der Waals surface area contributed by atoms with Crippen molar-refractivity contribution >= 4 is 5.97 Å². The van der Waals surface area contributed by atoms with E-state index in [1.807, 2.05) is 54.6 Å². The molecule has 1 fully saturated rings. The van der Waals surface area contributed by atoms with Crippen LogP contribution in [0, 0.1) is 5.92 Å². The van der Waals surface area contributed by atoms with Crippen LogP contribution in [0.3, 0.4) is 0 Å². The summed E-state index contributed by atoms with van der Waals surface area (Å²) in [5, 5.41) is 9.19. The normalized spacial score (nSPS) is 19.1. The van der Waals surface area contributed by atoms with Crippen molar-refractivity contribution in [2.75, 3.05) is 19.6 Å². The summed E-state index contributed by atoms with van der Waals surface area (Å²) in [6.45, 7) is 1.74. The van der Waals surface area contributed by atoms with E-state index in [4.69, 9.17) is 10.5 Å². The van der Waals surface area contributed by atoms with Gasteiger partial charge in [0.2, 0.25) is 0 Å². The summed E-state index contributed by atoms with van der Waals surface area (Å²) in [7, 11) is 0. The van der Waals surface area contributed by atoms with Gasteiger partial charge in [-0.1, -0.05) is 30.3 Å². The van der Waals surface area contributed by atoms with Gasteiger partial charge in [-0.05, 0) is 42.8 Å². The number of likely N-dealkylation sites (tertiary alicyclic amines) is 1. The fourth-order valence-electron chi connectivity index (χ4n) is 3.18. The van der Waals surface area contributed by atoms with Crippen molar-refractivity contribution in [2.45, 2.75) is 12.5 Å². The van der Waals surface area contributed by atoms with E-state index in [2.05, 4.69) is 4.90 Å². The zero-order chi connectivity index (χ0) is 16.9. The van der Waals surface area contributed by atoms with Crippen LogP contribution in [0.1, 0.15) is 18.0 Å². The number of carboxylic acids is 1. The second-order valence-corrected chi connectivity index (χ2v) is 6.06. The second kappa shape index (κ2) is 7.47. The maximum Gasteiger partial charge on any atom is 0.307 e. The Morgan fingerprint density at radius 3 is 2.62 bits per heavy atom. The van der Waals surface area contributed by atoms with Gasteiger partial charge in [-0.25, -0.2) is 0 Å². The molecule has 24 heavy (non-hydrogen) atoms. The van der Waals surface area contributed by atoms with E-state index in [0.717, 1.165) is 23.6 Å². The molecule has 1 aliphatic heterocycles. The van der Waals surface area contributed by atoms with Crippen molar-refractivity contribution < 1.29 is 14.6 Å². The first-order valence-corrected chi connectivity index (χ1v) is 8.17. The van der Waals surface area contributed by atoms with Crippen molar-refractivity contribution in [3.05, 3.63) is 60.2 Å². The topological polar surface area (TPSA) is 75.8 Å². The Labute approximate surface area is 141 Å². The summed E-state index contributed by atoms with van der Waals surface area (Å²) in [4.78, 5) is 13.3. The van der Waals surface area contributed by atoms with E-state index < -0.39 is 5.97 Å². The molecule has 1 aliphatic rings. The van der Waals surface area contributed by atoms with Crippen LogP contribution in [-0.4, -0.2) is 35.6 Å². The van der Waals surface area contributed by atoms with E-state index in [0.29, 0.717) is 19.5 Å². The Morgan fingerprint density at radius 1 is 1.21 bits per heavy atom. The third kappa shape index (κ3) is 3.75. The monoisotopic (exact) mass is 326 g/mol. The lowest BCUT2D eigenvalue weighted by Gasteiger charge is -2.27. The Kier molecular flexibility index (Phi) is 5.13. The van der Waals surface area contributed by atoms with Crippen LogP contribution < -0.4 is 10.5 Å². The van der Waals surface area contributed by atoms with Crippen molar-refractivity contribution in [3.8, 4) is 11.5 Å². The minimum atomic E-state index is -0.727. The highest BCUT2D eigenvalue weighted by molar-refractivity contribution is 5.70. The van der Waals surface area contributed by atoms with Crippen LogP contribution in [0.15, 0.2) is 54.6 Å². The zero-order valence-electron chi connectivity index (χ0n) is 13.5. The van der Waals surface area contributed by atoms with Gasteiger partial charge in [0, 0.05) is 19.1 Å². The molecule has 5 nitrogen and oxygen atoms in total. The van der Waals surface area contributed by atoms with Crippen molar-refractivity contribution in [1.29, 1.82) is 0 Å². The molecule has 0 saturated carbocycles. The van der Waals surface area contributed by atoms with E-state index in [1.165, 1.54) is 0 Å². The number of hydrogen-bond donors (Lipinski definition) is 2. The van der Waals surface area contributed by atoms with Crippen LogP contribution >= 0.6 is 0 Å². The summed E-state index contributed by atoms with van der Waals surface area (Å²) < 4.78 is 5.88. The van der Waals surface area contributed by atoms with Gasteiger partial charge in [0.25, 0.3) is 0 Å². The summed E-state index contributed by atoms with van der Waals surface area (Å²) in [6.07, 6.45) is 0.673. The maximum absolute atomic E-state index is 11.2. The quantitative estimate of drug-likeness (QED) is 0.853. The molecule has 1 heterocycles. The Hall–Kier alpha value is -2.37. The van der Waals surface area contributed by atoms with Crippen LogP contribution in [0.25, 0.3) is 0 Å². The van der Waals surface area contributed by atoms with Crippen LogP contribution in [0.2, 0.25) is 0 Å². The van der Waals surface area contributed by atoms with E-state index in [-0.39, 0.29) is 12.0 Å². The number of nitrogens with two attached hydrogens (primary N) is 1. The molecule has 5 heteroatoms. The van der Waals surface area contributed by atoms with E-state index in [9.17, 15) is 9.90 Å². The number of benzene rings is 2. The molecule has 3 rings (SSSR count). The highest BCUT2D eigenvalue weighted by atomic mass is 16.5. The molecule has 0 aliphatic carbocycles. The van der Waals surface area contributed by atoms with Gasteiger partial charge in [0.1, 0.15) is 11.5 Å². The van der Waals surface area contributed by atoms with E-state index in [1.54, 1.807) is 0 Å². The smallest absolute Gasteiger partial charge is 0.307 e. The van der Waals surface area contributed by atoms with Crippen LogP contribution in [0.4, 0.5) is 0 Å². The molecule has 126 valence electrons. The van der Waals surface area contributed by atoms with Gasteiger partial charge < -0.3 is 15.6 Å². The SMILES string of the molecule is NC[C@@H](c1cccc(Oc2ccccc2)c1)N1CC[C@H](C(=O)O)C1. The van der Waals surface area contributed by atoms with Crippen LogP contribution in [-0.2, 0) is 4.79 Å². The fourth-order valence-corrected chi connectivity index (χ4v) is 3.18. The standard InChI is InChI=1S/C19H22N2O3/c20-12-18(21-10-9-15(13-21)19(22)23)14-5-4-8-17(11-14)24-16-6-2-1-3-7-16/h1-8,11,15,18H,9-10,12-13,20H2,(H,22,23)/t15-,18-/m0/s1. The third-order valence-electron chi connectivity index (χ3n) is 4.45. The van der Waals surface area contributed by atoms with Gasteiger partial charge in [-0.15, -0.1) is 0 Å². The Bertz CT molecular complexity index is 690. The first-order chi connectivity index (χ1) is 11.7. The molecule has 0 aromatic heterocycles. The summed E-state index contributed by atoms with van der Waals surface area (Å²) in [6, 6.07) is 17.5. The molecule has 0 unspecified atom stereocenters. The molecule has 0 radical (unpaired) electrons. The molecule has 2 aromatic rings. The number of carboxylic acid groups (broad SMARTS) is 1. The van der Waals surface area contributed by atoms with Gasteiger partial charge in [-0.2, -0.15) is 0 Å². The van der Waals surface area contributed by atoms with Crippen molar-refractivity contribution in [1.82, 2.24) is 4.90 Å². The molecule has 0 amide bonds. The van der Waals surface area contributed by atoms with Gasteiger partial charge >= 0.3 is 5.97 Å². The molecule has 2 aromatic carbocycles. The number of hydrogen-bond acceptors (Lipinski definition) is 4. The van der Waals surface area contributed by atoms with Crippen molar-refractivity contribution in [3.63, 3.8) is 0 Å². The number of aliphatic carboxylic acids is 1. The largest absolute Gasteiger partial charge is 0.481 e. The van der Waals surface area contributed by atoms with Crippen LogP contribution in [0.5, 0.6) is 11.5 Å². The lowest BCUT2D eigenvalue weighted by atomic mass is 10.1. The highest BCUT2D eigenvalue weighted by Gasteiger charge is 2.32. The van der Waals surface area contributed by atoms with Gasteiger partial charge in [0.05, 0.1) is 5.92 Å². The number of nitrogens with zero attached hydrogens (tertiary/aromatic N) is 1. The molecule has 0 spiro atoms. The second-order valence-electron chi connectivity index (χ2n) is 6.06. The van der Waals surface area contributed by atoms with Gasteiger partial charge in [0.15, 0.2) is 0 Å². The number of carbonyl (C=O) groups is 1. The zero-order valence-corrected chi connectivity index (χ0v) is 13.5. The summed E-state index contributed by atoms with van der Waals surface area (Å²) in [5.74, 6) is 0.509. The molecule has 1 saturated heterocycles. The summed E-state index contributed by atoms with van der Waals surface area (Å²) >= 11 is 0. The third-order valence-corrected chi connectivity index (χ3v) is 4.45. The first-order valence-electron chi connectivity index (χ1n) is 8.17. The fraction of sp³-hybridized carbons (Fsp3) is 0.316. The molecule has 2 atom stereocenters. The number of para-hydroxylation sites is 1.